The van der Waals surface area contributed by atoms with Gasteiger partial charge in [-0.1, -0.05) is 43.2 Å². The van der Waals surface area contributed by atoms with E-state index >= 15 is 0 Å². The third-order valence-corrected chi connectivity index (χ3v) is 5.35. The Bertz CT molecular complexity index is 759. The van der Waals surface area contributed by atoms with Crippen molar-refractivity contribution in [2.24, 2.45) is 5.92 Å². The SMILES string of the molecule is O=C(c1cc(C2CC2)c(OCc2ccccc2)cc1F)C1CCCC1. The van der Waals surface area contributed by atoms with Gasteiger partial charge in [-0.15, -0.1) is 0 Å². The van der Waals surface area contributed by atoms with Crippen molar-refractivity contribution < 1.29 is 13.9 Å². The van der Waals surface area contributed by atoms with Crippen molar-refractivity contribution in [2.45, 2.75) is 51.0 Å². The Morgan fingerprint density at radius 2 is 1.76 bits per heavy atom. The summed E-state index contributed by atoms with van der Waals surface area (Å²) in [7, 11) is 0. The van der Waals surface area contributed by atoms with Gasteiger partial charge in [-0.2, -0.15) is 0 Å². The van der Waals surface area contributed by atoms with E-state index in [-0.39, 0.29) is 17.3 Å². The lowest BCUT2D eigenvalue weighted by Gasteiger charge is -2.15. The second-order valence-corrected chi connectivity index (χ2v) is 7.26. The average Bonchev–Trinajstić information content (AvgIpc) is 3.33. The van der Waals surface area contributed by atoms with Crippen molar-refractivity contribution in [3.63, 3.8) is 0 Å². The number of ether oxygens (including phenoxy) is 1. The van der Waals surface area contributed by atoms with Crippen LogP contribution in [0.15, 0.2) is 42.5 Å². The third kappa shape index (κ3) is 3.60. The van der Waals surface area contributed by atoms with E-state index in [1.807, 2.05) is 30.3 Å². The van der Waals surface area contributed by atoms with E-state index < -0.39 is 5.82 Å². The molecule has 2 aromatic rings. The molecule has 2 nitrogen and oxygen atoms in total. The van der Waals surface area contributed by atoms with Crippen molar-refractivity contribution in [1.29, 1.82) is 0 Å². The molecule has 0 spiro atoms. The van der Waals surface area contributed by atoms with E-state index in [1.165, 1.54) is 6.07 Å². The van der Waals surface area contributed by atoms with Gasteiger partial charge in [0.2, 0.25) is 0 Å². The van der Waals surface area contributed by atoms with Crippen LogP contribution in [0.3, 0.4) is 0 Å². The monoisotopic (exact) mass is 338 g/mol. The molecule has 0 atom stereocenters. The maximum Gasteiger partial charge on any atom is 0.168 e. The molecule has 0 N–H and O–H groups in total. The lowest BCUT2D eigenvalue weighted by molar-refractivity contribution is 0.0918. The molecule has 3 heteroatoms. The van der Waals surface area contributed by atoms with Crippen LogP contribution in [0.25, 0.3) is 0 Å². The Morgan fingerprint density at radius 3 is 2.44 bits per heavy atom. The lowest BCUT2D eigenvalue weighted by Crippen LogP contribution is -2.14. The summed E-state index contributed by atoms with van der Waals surface area (Å²) in [5, 5.41) is 0. The molecule has 2 aliphatic carbocycles. The van der Waals surface area contributed by atoms with Crippen LogP contribution in [0.2, 0.25) is 0 Å². The van der Waals surface area contributed by atoms with Gasteiger partial charge in [0.05, 0.1) is 5.56 Å². The number of hydrogen-bond donors (Lipinski definition) is 0. The zero-order valence-corrected chi connectivity index (χ0v) is 14.3. The summed E-state index contributed by atoms with van der Waals surface area (Å²) in [4.78, 5) is 12.7. The number of ketones is 1. The zero-order valence-electron chi connectivity index (χ0n) is 14.3. The van der Waals surface area contributed by atoms with Crippen LogP contribution in [0.1, 0.15) is 65.9 Å². The molecule has 0 aromatic heterocycles. The molecule has 0 unspecified atom stereocenters. The van der Waals surface area contributed by atoms with Crippen molar-refractivity contribution in [1.82, 2.24) is 0 Å². The molecule has 0 aliphatic heterocycles. The first kappa shape index (κ1) is 16.3. The number of carbonyl (C=O) groups is 1. The third-order valence-electron chi connectivity index (χ3n) is 5.35. The molecule has 2 fully saturated rings. The molecule has 0 heterocycles. The van der Waals surface area contributed by atoms with Gasteiger partial charge in [0, 0.05) is 12.0 Å². The molecular formula is C22H23FO2. The molecule has 4 rings (SSSR count). The Labute approximate surface area is 148 Å². The fourth-order valence-electron chi connectivity index (χ4n) is 3.74. The molecule has 0 amide bonds. The second kappa shape index (κ2) is 6.99. The van der Waals surface area contributed by atoms with Gasteiger partial charge in [0.25, 0.3) is 0 Å². The Kier molecular flexibility index (Phi) is 4.56. The summed E-state index contributed by atoms with van der Waals surface area (Å²) >= 11 is 0. The van der Waals surface area contributed by atoms with Crippen molar-refractivity contribution in [3.05, 3.63) is 65.0 Å². The summed E-state index contributed by atoms with van der Waals surface area (Å²) in [5.74, 6) is 0.529. The largest absolute Gasteiger partial charge is 0.489 e. The summed E-state index contributed by atoms with van der Waals surface area (Å²) < 4.78 is 20.6. The van der Waals surface area contributed by atoms with Gasteiger partial charge in [-0.3, -0.25) is 4.79 Å². The van der Waals surface area contributed by atoms with Gasteiger partial charge in [-0.25, -0.2) is 4.39 Å². The summed E-state index contributed by atoms with van der Waals surface area (Å²) in [6.45, 7) is 0.413. The Morgan fingerprint density at radius 1 is 1.04 bits per heavy atom. The maximum atomic E-state index is 14.6. The second-order valence-electron chi connectivity index (χ2n) is 7.26. The highest BCUT2D eigenvalue weighted by atomic mass is 19.1. The molecule has 0 saturated heterocycles. The van der Waals surface area contributed by atoms with Crippen LogP contribution >= 0.6 is 0 Å². The quantitative estimate of drug-likeness (QED) is 0.636. The van der Waals surface area contributed by atoms with Gasteiger partial charge < -0.3 is 4.74 Å². The van der Waals surface area contributed by atoms with Crippen molar-refractivity contribution in [2.75, 3.05) is 0 Å². The molecular weight excluding hydrogens is 315 g/mol. The summed E-state index contributed by atoms with van der Waals surface area (Å²) in [6, 6.07) is 13.1. The number of hydrogen-bond acceptors (Lipinski definition) is 2. The van der Waals surface area contributed by atoms with Crippen LogP contribution in [0.4, 0.5) is 4.39 Å². The minimum atomic E-state index is -0.440. The average molecular weight is 338 g/mol. The predicted octanol–water partition coefficient (Wildman–Crippen LogP) is 5.66. The van der Waals surface area contributed by atoms with E-state index in [1.54, 1.807) is 6.07 Å². The van der Waals surface area contributed by atoms with Gasteiger partial charge in [0.1, 0.15) is 18.2 Å². The van der Waals surface area contributed by atoms with Crippen molar-refractivity contribution in [3.8, 4) is 5.75 Å². The zero-order chi connectivity index (χ0) is 17.2. The van der Waals surface area contributed by atoms with E-state index in [9.17, 15) is 9.18 Å². The number of Topliss-reactive ketones (excluding diaryl/α,β-unsaturated/α-hetero) is 1. The summed E-state index contributed by atoms with van der Waals surface area (Å²) in [6.07, 6.45) is 6.11. The van der Waals surface area contributed by atoms with Crippen molar-refractivity contribution >= 4 is 5.78 Å². The molecule has 2 aromatic carbocycles. The maximum absolute atomic E-state index is 14.6. The van der Waals surface area contributed by atoms with Crippen LogP contribution in [0.5, 0.6) is 5.75 Å². The normalized spacial score (nSPS) is 17.6. The van der Waals surface area contributed by atoms with E-state index in [2.05, 4.69) is 0 Å². The minimum absolute atomic E-state index is 0.00219. The topological polar surface area (TPSA) is 26.3 Å². The van der Waals surface area contributed by atoms with Crippen LogP contribution < -0.4 is 4.74 Å². The first-order valence-electron chi connectivity index (χ1n) is 9.27. The number of carbonyl (C=O) groups excluding carboxylic acids is 1. The fourth-order valence-corrected chi connectivity index (χ4v) is 3.74. The Hall–Kier alpha value is -2.16. The number of benzene rings is 2. The van der Waals surface area contributed by atoms with Crippen LogP contribution in [0, 0.1) is 11.7 Å². The highest BCUT2D eigenvalue weighted by molar-refractivity contribution is 5.98. The predicted molar refractivity (Wildman–Crippen MR) is 95.4 cm³/mol. The van der Waals surface area contributed by atoms with Gasteiger partial charge in [0.15, 0.2) is 5.78 Å². The molecule has 0 bridgehead atoms. The van der Waals surface area contributed by atoms with E-state index in [4.69, 9.17) is 4.74 Å². The standard InChI is InChI=1S/C22H23FO2/c23-20-13-21(25-14-15-6-2-1-3-7-15)18(16-10-11-16)12-19(20)22(24)17-8-4-5-9-17/h1-3,6-7,12-13,16-17H,4-5,8-11,14H2. The molecule has 2 saturated carbocycles. The highest BCUT2D eigenvalue weighted by Gasteiger charge is 2.31. The molecule has 130 valence electrons. The lowest BCUT2D eigenvalue weighted by atomic mass is 9.93. The number of rotatable bonds is 6. The molecule has 0 radical (unpaired) electrons. The minimum Gasteiger partial charge on any atom is -0.489 e. The van der Waals surface area contributed by atoms with Gasteiger partial charge in [-0.05, 0) is 48.8 Å². The van der Waals surface area contributed by atoms with E-state index in [0.29, 0.717) is 18.3 Å². The summed E-state index contributed by atoms with van der Waals surface area (Å²) in [5.41, 5.74) is 2.32. The van der Waals surface area contributed by atoms with Crippen LogP contribution in [-0.4, -0.2) is 5.78 Å². The smallest absolute Gasteiger partial charge is 0.168 e. The fraction of sp³-hybridized carbons (Fsp3) is 0.409. The Balaban J connectivity index is 1.59. The molecule has 2 aliphatic rings. The molecule has 25 heavy (non-hydrogen) atoms. The first-order chi connectivity index (χ1) is 12.2. The van der Waals surface area contributed by atoms with Gasteiger partial charge >= 0.3 is 0 Å². The highest BCUT2D eigenvalue weighted by Crippen LogP contribution is 2.45. The first-order valence-corrected chi connectivity index (χ1v) is 9.27. The van der Waals surface area contributed by atoms with E-state index in [0.717, 1.165) is 49.7 Å². The van der Waals surface area contributed by atoms with Crippen LogP contribution in [-0.2, 0) is 6.61 Å². The number of halogens is 1.